The van der Waals surface area contributed by atoms with Crippen molar-refractivity contribution in [2.45, 2.75) is 26.3 Å². The minimum atomic E-state index is -0.599. The van der Waals surface area contributed by atoms with Crippen LogP contribution in [-0.4, -0.2) is 23.4 Å². The predicted molar refractivity (Wildman–Crippen MR) is 97.1 cm³/mol. The van der Waals surface area contributed by atoms with Crippen molar-refractivity contribution in [2.24, 2.45) is 0 Å². The second-order valence-electron chi connectivity index (χ2n) is 5.56. The Labute approximate surface area is 150 Å². The van der Waals surface area contributed by atoms with E-state index in [0.29, 0.717) is 18.0 Å². The second kappa shape index (κ2) is 7.11. The van der Waals surface area contributed by atoms with Gasteiger partial charge in [-0.25, -0.2) is 0 Å². The number of hydrogen-bond acceptors (Lipinski definition) is 5. The molecule has 0 radical (unpaired) electrons. The highest BCUT2D eigenvalue weighted by Crippen LogP contribution is 2.42. The third-order valence-corrected chi connectivity index (χ3v) is 4.99. The van der Waals surface area contributed by atoms with E-state index in [9.17, 15) is 14.7 Å². The summed E-state index contributed by atoms with van der Waals surface area (Å²) in [6.07, 6.45) is 0.228. The van der Waals surface area contributed by atoms with Crippen LogP contribution in [0.3, 0.4) is 0 Å². The van der Waals surface area contributed by atoms with Crippen molar-refractivity contribution >= 4 is 28.7 Å². The molecule has 0 saturated heterocycles. The fourth-order valence-electron chi connectivity index (χ4n) is 2.93. The molecule has 1 aromatic heterocycles. The van der Waals surface area contributed by atoms with Gasteiger partial charge in [0.15, 0.2) is 11.5 Å². The second-order valence-corrected chi connectivity index (χ2v) is 6.54. The first kappa shape index (κ1) is 17.2. The third kappa shape index (κ3) is 3.05. The number of anilines is 1. The molecule has 0 aliphatic carbocycles. The molecule has 1 unspecified atom stereocenters. The molecule has 2 aromatic rings. The summed E-state index contributed by atoms with van der Waals surface area (Å²) in [6, 6.07) is 10.2. The normalized spacial score (nSPS) is 17.3. The predicted octanol–water partition coefficient (Wildman–Crippen LogP) is 4.03. The molecule has 0 saturated carbocycles. The molecule has 6 heteroatoms. The van der Waals surface area contributed by atoms with Crippen LogP contribution in [-0.2, 0) is 9.59 Å². The molecule has 0 bridgehead atoms. The number of rotatable bonds is 6. The Morgan fingerprint density at radius 3 is 2.52 bits per heavy atom. The van der Waals surface area contributed by atoms with Crippen molar-refractivity contribution in [3.8, 4) is 5.75 Å². The first-order valence-corrected chi connectivity index (χ1v) is 9.02. The van der Waals surface area contributed by atoms with E-state index in [0.717, 1.165) is 4.88 Å². The van der Waals surface area contributed by atoms with Crippen LogP contribution in [0.4, 0.5) is 5.69 Å². The lowest BCUT2D eigenvalue weighted by molar-refractivity contribution is -0.118. The van der Waals surface area contributed by atoms with Gasteiger partial charge in [0.25, 0.3) is 5.91 Å². The zero-order chi connectivity index (χ0) is 18.0. The van der Waals surface area contributed by atoms with E-state index in [2.05, 4.69) is 0 Å². The zero-order valence-electron chi connectivity index (χ0n) is 14.1. The first-order chi connectivity index (χ1) is 12.1. The molecule has 25 heavy (non-hydrogen) atoms. The van der Waals surface area contributed by atoms with E-state index in [4.69, 9.17) is 4.74 Å². The lowest BCUT2D eigenvalue weighted by Crippen LogP contribution is -2.30. The molecule has 130 valence electrons. The van der Waals surface area contributed by atoms with Gasteiger partial charge in [0.2, 0.25) is 0 Å². The van der Waals surface area contributed by atoms with E-state index >= 15 is 0 Å². The topological polar surface area (TPSA) is 66.8 Å². The number of carbonyl (C=O) groups excluding carboxylic acids is 2. The standard InChI is InChI=1S/C19H19NO4S/c1-3-14(21)16-17(15-6-5-11-25-15)20(19(23)18(16)22)12-7-9-13(10-8-12)24-4-2/h5-11,17,22H,3-4H2,1-2H3. The van der Waals surface area contributed by atoms with E-state index in [1.165, 1.54) is 16.2 Å². The quantitative estimate of drug-likeness (QED) is 0.848. The fraction of sp³-hybridized carbons (Fsp3) is 0.263. The summed E-state index contributed by atoms with van der Waals surface area (Å²) < 4.78 is 5.43. The molecular formula is C19H19NO4S. The van der Waals surface area contributed by atoms with Gasteiger partial charge in [0.05, 0.1) is 12.2 Å². The molecule has 2 heterocycles. The van der Waals surface area contributed by atoms with Crippen LogP contribution < -0.4 is 9.64 Å². The highest BCUT2D eigenvalue weighted by Gasteiger charge is 2.44. The number of thiophene rings is 1. The van der Waals surface area contributed by atoms with Crippen LogP contribution >= 0.6 is 11.3 Å². The Morgan fingerprint density at radius 1 is 1.24 bits per heavy atom. The number of Topliss-reactive ketones (excluding diaryl/α,β-unsaturated/α-hetero) is 1. The van der Waals surface area contributed by atoms with Gasteiger partial charge in [0, 0.05) is 17.0 Å². The molecule has 1 aliphatic heterocycles. The largest absolute Gasteiger partial charge is 0.503 e. The van der Waals surface area contributed by atoms with Gasteiger partial charge in [-0.1, -0.05) is 13.0 Å². The number of hydrogen-bond donors (Lipinski definition) is 1. The monoisotopic (exact) mass is 357 g/mol. The van der Waals surface area contributed by atoms with Crippen LogP contribution in [0.25, 0.3) is 0 Å². The van der Waals surface area contributed by atoms with Crippen LogP contribution in [0.1, 0.15) is 31.2 Å². The van der Waals surface area contributed by atoms with E-state index in [-0.39, 0.29) is 17.8 Å². The van der Waals surface area contributed by atoms with Gasteiger partial charge in [-0.3, -0.25) is 14.5 Å². The number of aliphatic hydroxyl groups is 1. The van der Waals surface area contributed by atoms with Crippen LogP contribution in [0.15, 0.2) is 53.1 Å². The summed E-state index contributed by atoms with van der Waals surface area (Å²) >= 11 is 1.45. The van der Waals surface area contributed by atoms with Crippen LogP contribution in [0.5, 0.6) is 5.75 Å². The number of aliphatic hydroxyl groups excluding tert-OH is 1. The molecule has 1 amide bonds. The van der Waals surface area contributed by atoms with E-state index < -0.39 is 17.7 Å². The number of ether oxygens (including phenoxy) is 1. The molecular weight excluding hydrogens is 338 g/mol. The van der Waals surface area contributed by atoms with Crippen molar-refractivity contribution in [3.05, 3.63) is 58.0 Å². The smallest absolute Gasteiger partial charge is 0.294 e. The van der Waals surface area contributed by atoms with Crippen molar-refractivity contribution in [3.63, 3.8) is 0 Å². The molecule has 5 nitrogen and oxygen atoms in total. The molecule has 0 spiro atoms. The molecule has 1 atom stereocenters. The molecule has 3 rings (SSSR count). The number of nitrogens with zero attached hydrogens (tertiary/aromatic N) is 1. The lowest BCUT2D eigenvalue weighted by Gasteiger charge is -2.25. The number of ketones is 1. The van der Waals surface area contributed by atoms with Crippen LogP contribution in [0, 0.1) is 0 Å². The van der Waals surface area contributed by atoms with Gasteiger partial charge in [0.1, 0.15) is 11.8 Å². The zero-order valence-corrected chi connectivity index (χ0v) is 14.9. The Balaban J connectivity index is 2.06. The highest BCUT2D eigenvalue weighted by molar-refractivity contribution is 7.10. The van der Waals surface area contributed by atoms with E-state index in [1.54, 1.807) is 31.2 Å². The molecule has 1 aliphatic rings. The van der Waals surface area contributed by atoms with Crippen molar-refractivity contribution in [1.29, 1.82) is 0 Å². The molecule has 1 aromatic carbocycles. The lowest BCUT2D eigenvalue weighted by atomic mass is 10.00. The highest BCUT2D eigenvalue weighted by atomic mass is 32.1. The summed E-state index contributed by atoms with van der Waals surface area (Å²) in [4.78, 5) is 27.4. The minimum Gasteiger partial charge on any atom is -0.503 e. The average Bonchev–Trinajstić information content (AvgIpc) is 3.23. The summed E-state index contributed by atoms with van der Waals surface area (Å²) in [5.41, 5.74) is 0.779. The first-order valence-electron chi connectivity index (χ1n) is 8.14. The number of benzene rings is 1. The SMILES string of the molecule is CCOc1ccc(N2C(=O)C(O)=C(C(=O)CC)C2c2cccs2)cc1. The summed E-state index contributed by atoms with van der Waals surface area (Å²) in [7, 11) is 0. The fourth-order valence-corrected chi connectivity index (χ4v) is 3.76. The maximum atomic E-state index is 12.7. The van der Waals surface area contributed by atoms with Gasteiger partial charge >= 0.3 is 0 Å². The van der Waals surface area contributed by atoms with Crippen molar-refractivity contribution in [1.82, 2.24) is 0 Å². The number of amides is 1. The molecule has 1 N–H and O–H groups in total. The van der Waals surface area contributed by atoms with Gasteiger partial charge in [-0.15, -0.1) is 11.3 Å². The molecule has 0 fully saturated rings. The Hall–Kier alpha value is -2.60. The summed E-state index contributed by atoms with van der Waals surface area (Å²) in [5.74, 6) is -0.538. The number of carbonyl (C=O) groups is 2. The van der Waals surface area contributed by atoms with Crippen molar-refractivity contribution < 1.29 is 19.4 Å². The summed E-state index contributed by atoms with van der Waals surface area (Å²) in [6.45, 7) is 4.17. The van der Waals surface area contributed by atoms with E-state index in [1.807, 2.05) is 24.4 Å². The maximum Gasteiger partial charge on any atom is 0.294 e. The Bertz CT molecular complexity index is 808. The summed E-state index contributed by atoms with van der Waals surface area (Å²) in [5, 5.41) is 12.2. The Kier molecular flexibility index (Phi) is 4.90. The van der Waals surface area contributed by atoms with Gasteiger partial charge in [-0.2, -0.15) is 0 Å². The average molecular weight is 357 g/mol. The minimum absolute atomic E-state index is 0.170. The van der Waals surface area contributed by atoms with Crippen molar-refractivity contribution in [2.75, 3.05) is 11.5 Å². The Morgan fingerprint density at radius 2 is 1.96 bits per heavy atom. The van der Waals surface area contributed by atoms with Gasteiger partial charge in [-0.05, 0) is 42.6 Å². The maximum absolute atomic E-state index is 12.7. The third-order valence-electron chi connectivity index (χ3n) is 4.07. The van der Waals surface area contributed by atoms with Crippen LogP contribution in [0.2, 0.25) is 0 Å². The van der Waals surface area contributed by atoms with Gasteiger partial charge < -0.3 is 9.84 Å².